The molecular weight excluding hydrogens is 386 g/mol. The molecule has 0 aromatic heterocycles. The van der Waals surface area contributed by atoms with Gasteiger partial charge < -0.3 is 5.73 Å². The molecule has 27 heavy (non-hydrogen) atoms. The van der Waals surface area contributed by atoms with Gasteiger partial charge in [0.15, 0.2) is 5.78 Å². The highest BCUT2D eigenvalue weighted by Gasteiger charge is 2.31. The van der Waals surface area contributed by atoms with Gasteiger partial charge in [0.05, 0.1) is 12.6 Å². The zero-order valence-corrected chi connectivity index (χ0v) is 18.2. The number of hydrogen-bond donors (Lipinski definition) is 1. The number of nitrogens with zero attached hydrogens (tertiary/aromatic N) is 2. The van der Waals surface area contributed by atoms with Crippen molar-refractivity contribution in [1.29, 1.82) is 0 Å². The molecule has 1 unspecified atom stereocenters. The van der Waals surface area contributed by atoms with Crippen LogP contribution in [0.5, 0.6) is 0 Å². The van der Waals surface area contributed by atoms with Crippen LogP contribution in [0.1, 0.15) is 39.5 Å². The second-order valence-electron chi connectivity index (χ2n) is 7.97. The first kappa shape index (κ1) is 22.5. The first-order valence-corrected chi connectivity index (χ1v) is 13.4. The molecule has 0 bridgehead atoms. The van der Waals surface area contributed by atoms with Crippen LogP contribution in [0.2, 0.25) is 0 Å². The number of hydrogen-bond acceptors (Lipinski definition) is 7. The fourth-order valence-corrected chi connectivity index (χ4v) is 7.83. The number of carbonyl (C=O) groups excluding carboxylic acids is 2. The van der Waals surface area contributed by atoms with Gasteiger partial charge in [-0.1, -0.05) is 13.8 Å². The minimum absolute atomic E-state index is 0.00201. The van der Waals surface area contributed by atoms with Gasteiger partial charge in [-0.15, -0.1) is 0 Å². The zero-order chi connectivity index (χ0) is 20.2. The van der Waals surface area contributed by atoms with Crippen molar-refractivity contribution in [2.45, 2.75) is 45.6 Å². The van der Waals surface area contributed by atoms with E-state index in [1.165, 1.54) is 0 Å². The molecule has 2 fully saturated rings. The molecule has 7 nitrogen and oxygen atoms in total. The minimum atomic E-state index is -2.38. The van der Waals surface area contributed by atoms with E-state index >= 15 is 0 Å². The SMILES string of the molecule is CN=S1(=O)CCC(C(=O)C(N)CN=S2(=O)CCC(C(=O)C(C)C)CC2)CC1. The summed E-state index contributed by atoms with van der Waals surface area (Å²) in [6.07, 6.45) is 2.27. The maximum atomic E-state index is 12.9. The van der Waals surface area contributed by atoms with E-state index in [0.29, 0.717) is 48.7 Å². The van der Waals surface area contributed by atoms with E-state index in [2.05, 4.69) is 8.73 Å². The number of ketones is 2. The summed E-state index contributed by atoms with van der Waals surface area (Å²) in [6.45, 7) is 3.84. The fraction of sp³-hybridized carbons (Fsp3) is 0.889. The summed E-state index contributed by atoms with van der Waals surface area (Å²) < 4.78 is 33.4. The van der Waals surface area contributed by atoms with E-state index in [1.54, 1.807) is 7.05 Å². The normalized spacial score (nSPS) is 35.4. The van der Waals surface area contributed by atoms with Crippen molar-refractivity contribution >= 4 is 31.0 Å². The molecule has 0 amide bonds. The summed E-state index contributed by atoms with van der Waals surface area (Å²) in [7, 11) is -2.96. The lowest BCUT2D eigenvalue weighted by Crippen LogP contribution is -2.41. The third-order valence-electron chi connectivity index (χ3n) is 5.72. The van der Waals surface area contributed by atoms with E-state index in [9.17, 15) is 18.0 Å². The lowest BCUT2D eigenvalue weighted by molar-refractivity contribution is -0.126. The minimum Gasteiger partial charge on any atom is -0.320 e. The summed E-state index contributed by atoms with van der Waals surface area (Å²) in [5, 5.41) is 0. The van der Waals surface area contributed by atoms with Crippen molar-refractivity contribution in [1.82, 2.24) is 0 Å². The van der Waals surface area contributed by atoms with Gasteiger partial charge >= 0.3 is 0 Å². The highest BCUT2D eigenvalue weighted by atomic mass is 32.2. The maximum absolute atomic E-state index is 12.9. The molecule has 0 radical (unpaired) electrons. The lowest BCUT2D eigenvalue weighted by atomic mass is 9.91. The van der Waals surface area contributed by atoms with Gasteiger partial charge in [0.1, 0.15) is 5.78 Å². The molecule has 9 heteroatoms. The predicted octanol–water partition coefficient (Wildman–Crippen LogP) is 1.49. The number of carbonyl (C=O) groups is 2. The number of Topliss-reactive ketones (excluding diaryl/α,β-unsaturated/α-hetero) is 2. The quantitative estimate of drug-likeness (QED) is 0.699. The van der Waals surface area contributed by atoms with Crippen LogP contribution in [0, 0.1) is 17.8 Å². The van der Waals surface area contributed by atoms with Crippen LogP contribution >= 0.6 is 0 Å². The molecule has 2 rings (SSSR count). The summed E-state index contributed by atoms with van der Waals surface area (Å²) in [4.78, 5) is 24.6. The Labute approximate surface area is 163 Å². The second kappa shape index (κ2) is 9.13. The van der Waals surface area contributed by atoms with E-state index in [1.807, 2.05) is 13.8 Å². The molecule has 2 N–H and O–H groups in total. The van der Waals surface area contributed by atoms with Crippen LogP contribution < -0.4 is 5.73 Å². The largest absolute Gasteiger partial charge is 0.320 e. The van der Waals surface area contributed by atoms with Gasteiger partial charge in [0.25, 0.3) is 0 Å². The molecule has 0 aliphatic carbocycles. The summed E-state index contributed by atoms with van der Waals surface area (Å²) in [5.41, 5.74) is 6.02. The Morgan fingerprint density at radius 2 is 1.37 bits per heavy atom. The number of nitrogens with two attached hydrogens (primary N) is 1. The van der Waals surface area contributed by atoms with Crippen LogP contribution in [-0.2, 0) is 29.0 Å². The molecule has 0 saturated carbocycles. The zero-order valence-electron chi connectivity index (χ0n) is 16.6. The van der Waals surface area contributed by atoms with Crippen molar-refractivity contribution in [2.75, 3.05) is 36.6 Å². The molecule has 2 heterocycles. The smallest absolute Gasteiger partial charge is 0.154 e. The molecule has 2 aliphatic heterocycles. The molecule has 156 valence electrons. The molecule has 0 aromatic carbocycles. The third-order valence-corrected chi connectivity index (χ3v) is 10.5. The molecular formula is C18H33N3O4S2. The molecule has 0 aromatic rings. The van der Waals surface area contributed by atoms with Gasteiger partial charge in [0, 0.05) is 67.3 Å². The van der Waals surface area contributed by atoms with E-state index in [4.69, 9.17) is 5.73 Å². The first-order chi connectivity index (χ1) is 12.6. The summed E-state index contributed by atoms with van der Waals surface area (Å²) in [6, 6.07) is -0.768. The average Bonchev–Trinajstić information content (AvgIpc) is 2.66. The van der Waals surface area contributed by atoms with Gasteiger partial charge in [-0.3, -0.25) is 9.59 Å². The topological polar surface area (TPSA) is 119 Å². The highest BCUT2D eigenvalue weighted by Crippen LogP contribution is 2.25. The maximum Gasteiger partial charge on any atom is 0.154 e. The van der Waals surface area contributed by atoms with Crippen molar-refractivity contribution in [3.63, 3.8) is 0 Å². The Hall–Kier alpha value is -0.800. The van der Waals surface area contributed by atoms with Crippen molar-refractivity contribution in [2.24, 2.45) is 32.2 Å². The Morgan fingerprint density at radius 1 is 0.926 bits per heavy atom. The predicted molar refractivity (Wildman–Crippen MR) is 110 cm³/mol. The average molecular weight is 420 g/mol. The Bertz CT molecular complexity index is 777. The van der Waals surface area contributed by atoms with Gasteiger partial charge in [-0.05, 0) is 25.7 Å². The first-order valence-electron chi connectivity index (χ1n) is 9.71. The van der Waals surface area contributed by atoms with Crippen molar-refractivity contribution in [3.05, 3.63) is 0 Å². The van der Waals surface area contributed by atoms with Crippen molar-refractivity contribution < 1.29 is 18.0 Å². The Kier molecular flexibility index (Phi) is 7.61. The number of rotatable bonds is 6. The van der Waals surface area contributed by atoms with Crippen LogP contribution in [0.4, 0.5) is 0 Å². The highest BCUT2D eigenvalue weighted by molar-refractivity contribution is 7.93. The van der Waals surface area contributed by atoms with Crippen LogP contribution in [0.25, 0.3) is 0 Å². The van der Waals surface area contributed by atoms with E-state index < -0.39 is 25.5 Å². The van der Waals surface area contributed by atoms with Crippen molar-refractivity contribution in [3.8, 4) is 0 Å². The molecule has 2 aliphatic rings. The lowest BCUT2D eigenvalue weighted by Gasteiger charge is -2.26. The summed E-state index contributed by atoms with van der Waals surface area (Å²) >= 11 is 0. The van der Waals surface area contributed by atoms with E-state index in [0.717, 1.165) is 0 Å². The van der Waals surface area contributed by atoms with E-state index in [-0.39, 0.29) is 35.9 Å². The monoisotopic (exact) mass is 419 g/mol. The van der Waals surface area contributed by atoms with Gasteiger partial charge in [-0.25, -0.2) is 17.1 Å². The van der Waals surface area contributed by atoms with Crippen LogP contribution in [0.15, 0.2) is 8.73 Å². The van der Waals surface area contributed by atoms with Gasteiger partial charge in [0.2, 0.25) is 0 Å². The third kappa shape index (κ3) is 5.84. The second-order valence-corrected chi connectivity index (χ2v) is 13.3. The summed E-state index contributed by atoms with van der Waals surface area (Å²) in [5.74, 6) is 1.60. The van der Waals surface area contributed by atoms with Crippen LogP contribution in [-0.4, -0.2) is 62.6 Å². The molecule has 2 saturated heterocycles. The van der Waals surface area contributed by atoms with Crippen LogP contribution in [0.3, 0.4) is 0 Å². The molecule has 1 atom stereocenters. The Balaban J connectivity index is 1.90. The van der Waals surface area contributed by atoms with Gasteiger partial charge in [-0.2, -0.15) is 0 Å². The fourth-order valence-electron chi connectivity index (χ4n) is 3.76. The molecule has 0 spiro atoms. The standard InChI is InChI=1S/C18H33N3O4S2/c1-13(2)17(22)14-6-10-27(25,11-7-14)21-12-16(19)18(23)15-4-8-26(24,20-3)9-5-15/h13-16H,4-12,19H2,1-3H3. The Morgan fingerprint density at radius 3 is 1.81 bits per heavy atom.